The Bertz CT molecular complexity index is 816. The van der Waals surface area contributed by atoms with Crippen LogP contribution in [0.2, 0.25) is 0 Å². The minimum Gasteiger partial charge on any atom is -0.496 e. The Balaban J connectivity index is 0.00000392. The van der Waals surface area contributed by atoms with Crippen molar-refractivity contribution >= 4 is 45.9 Å². The summed E-state index contributed by atoms with van der Waals surface area (Å²) in [5, 5.41) is 6.61. The monoisotopic (exact) mass is 563 g/mol. The molecule has 2 aromatic rings. The Morgan fingerprint density at radius 2 is 1.46 bits per heavy atom. The van der Waals surface area contributed by atoms with Gasteiger partial charge in [0, 0.05) is 30.2 Å². The van der Waals surface area contributed by atoms with Gasteiger partial charge in [0.2, 0.25) is 0 Å². The first-order chi connectivity index (χ1) is 13.0. The zero-order valence-electron chi connectivity index (χ0n) is 16.8. The molecule has 2 N–H and O–H groups in total. The molecule has 0 bridgehead atoms. The van der Waals surface area contributed by atoms with Crippen molar-refractivity contribution in [2.24, 2.45) is 4.99 Å². The third-order valence-electron chi connectivity index (χ3n) is 4.11. The summed E-state index contributed by atoms with van der Waals surface area (Å²) in [5.41, 5.74) is 3.26. The van der Waals surface area contributed by atoms with Gasteiger partial charge in [-0.05, 0) is 36.2 Å². The van der Waals surface area contributed by atoms with Crippen LogP contribution < -0.4 is 24.8 Å². The summed E-state index contributed by atoms with van der Waals surface area (Å²) in [4.78, 5) is 4.28. The molecule has 8 heteroatoms. The molecule has 0 fully saturated rings. The summed E-state index contributed by atoms with van der Waals surface area (Å²) in [6.07, 6.45) is 0. The van der Waals surface area contributed by atoms with Gasteiger partial charge in [-0.1, -0.05) is 28.1 Å². The summed E-state index contributed by atoms with van der Waals surface area (Å²) in [7, 11) is 6.66. The van der Waals surface area contributed by atoms with Crippen LogP contribution in [0.1, 0.15) is 16.7 Å². The summed E-state index contributed by atoms with van der Waals surface area (Å²) in [6, 6.07) is 9.97. The Kier molecular flexibility index (Phi) is 10.4. The number of rotatable bonds is 7. The number of guanidine groups is 1. The van der Waals surface area contributed by atoms with Gasteiger partial charge in [-0.25, -0.2) is 0 Å². The number of benzene rings is 2. The van der Waals surface area contributed by atoms with E-state index in [1.54, 1.807) is 28.4 Å². The van der Waals surface area contributed by atoms with Crippen LogP contribution in [0.15, 0.2) is 39.8 Å². The second kappa shape index (κ2) is 12.0. The van der Waals surface area contributed by atoms with Crippen LogP contribution in [0, 0.1) is 6.92 Å². The Hall–Kier alpha value is -1.68. The lowest BCUT2D eigenvalue weighted by molar-refractivity contribution is 0.354. The van der Waals surface area contributed by atoms with Gasteiger partial charge in [0.05, 0.1) is 21.3 Å². The van der Waals surface area contributed by atoms with Gasteiger partial charge >= 0.3 is 0 Å². The maximum atomic E-state index is 5.45. The number of nitrogens with zero attached hydrogens (tertiary/aromatic N) is 1. The van der Waals surface area contributed by atoms with Crippen LogP contribution in [0.5, 0.6) is 17.2 Å². The maximum Gasteiger partial charge on any atom is 0.191 e. The number of ether oxygens (including phenoxy) is 3. The molecule has 2 aromatic carbocycles. The number of methoxy groups -OCH3 is 3. The lowest BCUT2D eigenvalue weighted by Crippen LogP contribution is -2.36. The molecule has 0 spiro atoms. The van der Waals surface area contributed by atoms with E-state index < -0.39 is 0 Å². The predicted molar refractivity (Wildman–Crippen MR) is 127 cm³/mol. The van der Waals surface area contributed by atoms with Gasteiger partial charge in [-0.15, -0.1) is 24.0 Å². The molecule has 6 nitrogen and oxygen atoms in total. The van der Waals surface area contributed by atoms with Crippen molar-refractivity contribution in [1.82, 2.24) is 10.6 Å². The van der Waals surface area contributed by atoms with Crippen molar-refractivity contribution in [1.29, 1.82) is 0 Å². The first-order valence-electron chi connectivity index (χ1n) is 8.50. The smallest absolute Gasteiger partial charge is 0.191 e. The molecular weight excluding hydrogens is 537 g/mol. The van der Waals surface area contributed by atoms with Crippen LogP contribution in [-0.4, -0.2) is 34.3 Å². The molecule has 0 saturated carbocycles. The molecule has 0 atom stereocenters. The number of nitrogens with one attached hydrogen (secondary N) is 2. The van der Waals surface area contributed by atoms with Crippen molar-refractivity contribution in [2.45, 2.75) is 20.0 Å². The molecule has 0 aliphatic carbocycles. The van der Waals surface area contributed by atoms with E-state index >= 15 is 0 Å². The van der Waals surface area contributed by atoms with Gasteiger partial charge in [-0.3, -0.25) is 4.99 Å². The fourth-order valence-electron chi connectivity index (χ4n) is 2.61. The van der Waals surface area contributed by atoms with E-state index in [1.807, 2.05) is 25.1 Å². The molecule has 0 amide bonds. The molecule has 154 valence electrons. The Morgan fingerprint density at radius 1 is 0.893 bits per heavy atom. The molecule has 0 aromatic heterocycles. The standard InChI is InChI=1S/C20H26BrN3O3.HI/c1-13-6-7-14(17(8-13)25-3)11-23-20(22-2)24-12-15-9-18(26-4)19(27-5)10-16(15)21;/h6-10H,11-12H2,1-5H3,(H2,22,23,24);1H. The molecule has 2 rings (SSSR count). The first-order valence-corrected chi connectivity index (χ1v) is 9.30. The largest absolute Gasteiger partial charge is 0.496 e. The number of hydrogen-bond acceptors (Lipinski definition) is 4. The normalized spacial score (nSPS) is 10.7. The van der Waals surface area contributed by atoms with Crippen LogP contribution in [0.25, 0.3) is 0 Å². The van der Waals surface area contributed by atoms with Gasteiger partial charge in [0.25, 0.3) is 0 Å². The maximum absolute atomic E-state index is 5.45. The average Bonchev–Trinajstić information content (AvgIpc) is 2.69. The van der Waals surface area contributed by atoms with Gasteiger partial charge < -0.3 is 24.8 Å². The van der Waals surface area contributed by atoms with E-state index in [2.05, 4.69) is 43.7 Å². The molecule has 0 aliphatic heterocycles. The highest BCUT2D eigenvalue weighted by Crippen LogP contribution is 2.33. The van der Waals surface area contributed by atoms with E-state index in [0.29, 0.717) is 30.5 Å². The van der Waals surface area contributed by atoms with Crippen molar-refractivity contribution in [3.8, 4) is 17.2 Å². The van der Waals surface area contributed by atoms with E-state index in [9.17, 15) is 0 Å². The number of aryl methyl sites for hydroxylation is 1. The van der Waals surface area contributed by atoms with Crippen molar-refractivity contribution in [3.63, 3.8) is 0 Å². The SMILES string of the molecule is CN=C(NCc1cc(OC)c(OC)cc1Br)NCc1ccc(C)cc1OC.I. The molecule has 0 aliphatic rings. The quantitative estimate of drug-likeness (QED) is 0.299. The molecule has 0 radical (unpaired) electrons. The fourth-order valence-corrected chi connectivity index (χ4v) is 3.07. The highest BCUT2D eigenvalue weighted by atomic mass is 127. The first kappa shape index (κ1) is 24.4. The zero-order chi connectivity index (χ0) is 19.8. The molecule has 28 heavy (non-hydrogen) atoms. The van der Waals surface area contributed by atoms with Crippen LogP contribution >= 0.6 is 39.9 Å². The second-order valence-corrected chi connectivity index (χ2v) is 6.75. The summed E-state index contributed by atoms with van der Waals surface area (Å²) in [5.74, 6) is 2.92. The van der Waals surface area contributed by atoms with Crippen molar-refractivity contribution in [2.75, 3.05) is 28.4 Å². The third-order valence-corrected chi connectivity index (χ3v) is 4.85. The van der Waals surface area contributed by atoms with Crippen molar-refractivity contribution < 1.29 is 14.2 Å². The highest BCUT2D eigenvalue weighted by Gasteiger charge is 2.10. The highest BCUT2D eigenvalue weighted by molar-refractivity contribution is 14.0. The van der Waals surface area contributed by atoms with Gasteiger partial charge in [-0.2, -0.15) is 0 Å². The van der Waals surface area contributed by atoms with Gasteiger partial charge in [0.15, 0.2) is 17.5 Å². The minimum atomic E-state index is 0. The predicted octanol–water partition coefficient (Wildman–Crippen LogP) is 4.27. The van der Waals surface area contributed by atoms with Crippen molar-refractivity contribution in [3.05, 3.63) is 51.5 Å². The van der Waals surface area contributed by atoms with Gasteiger partial charge in [0.1, 0.15) is 5.75 Å². The van der Waals surface area contributed by atoms with Crippen LogP contribution in [-0.2, 0) is 13.1 Å². The lowest BCUT2D eigenvalue weighted by atomic mass is 10.1. The molecule has 0 saturated heterocycles. The molecular formula is C20H27BrIN3O3. The molecule has 0 unspecified atom stereocenters. The van der Waals surface area contributed by atoms with E-state index in [4.69, 9.17) is 14.2 Å². The van der Waals surface area contributed by atoms with E-state index in [-0.39, 0.29) is 24.0 Å². The number of aliphatic imine (C=N–C) groups is 1. The topological polar surface area (TPSA) is 64.1 Å². The Labute approximate surface area is 192 Å². The lowest BCUT2D eigenvalue weighted by Gasteiger charge is -2.16. The summed E-state index contributed by atoms with van der Waals surface area (Å²) >= 11 is 3.57. The minimum absolute atomic E-state index is 0. The van der Waals surface area contributed by atoms with E-state index in [1.165, 1.54) is 0 Å². The summed E-state index contributed by atoms with van der Waals surface area (Å²) in [6.45, 7) is 3.23. The number of halogens is 2. The summed E-state index contributed by atoms with van der Waals surface area (Å²) < 4.78 is 17.1. The molecule has 0 heterocycles. The third kappa shape index (κ3) is 6.44. The Morgan fingerprint density at radius 3 is 2.04 bits per heavy atom. The fraction of sp³-hybridized carbons (Fsp3) is 0.350. The zero-order valence-corrected chi connectivity index (χ0v) is 20.7. The van der Waals surface area contributed by atoms with E-state index in [0.717, 1.165) is 26.9 Å². The number of hydrogen-bond donors (Lipinski definition) is 2. The van der Waals surface area contributed by atoms with Crippen LogP contribution in [0.4, 0.5) is 0 Å². The van der Waals surface area contributed by atoms with Crippen LogP contribution in [0.3, 0.4) is 0 Å². The average molecular weight is 564 g/mol. The second-order valence-electron chi connectivity index (χ2n) is 5.89.